The van der Waals surface area contributed by atoms with E-state index in [9.17, 15) is 0 Å². The fourth-order valence-electron chi connectivity index (χ4n) is 2.45. The number of aromatic nitrogens is 2. The monoisotopic (exact) mass is 288 g/mol. The Labute approximate surface area is 124 Å². The number of aryl methyl sites for hydroxylation is 1. The van der Waals surface area contributed by atoms with Gasteiger partial charge < -0.3 is 9.80 Å². The predicted octanol–water partition coefficient (Wildman–Crippen LogP) is 2.77. The molecule has 1 aliphatic heterocycles. The first-order valence-electron chi connectivity index (χ1n) is 6.77. The summed E-state index contributed by atoms with van der Waals surface area (Å²) in [5.74, 6) is 1.05. The van der Waals surface area contributed by atoms with Gasteiger partial charge in [-0.05, 0) is 30.7 Å². The lowest BCUT2D eigenvalue weighted by atomic mass is 10.2. The number of halogens is 1. The average Bonchev–Trinajstić information content (AvgIpc) is 2.51. The molecule has 1 saturated heterocycles. The topological polar surface area (TPSA) is 32.3 Å². The zero-order chi connectivity index (χ0) is 13.9. The molecule has 0 radical (unpaired) electrons. The van der Waals surface area contributed by atoms with E-state index in [-0.39, 0.29) is 0 Å². The molecule has 104 valence electrons. The van der Waals surface area contributed by atoms with Gasteiger partial charge in [-0.2, -0.15) is 0 Å². The number of rotatable bonds is 2. The van der Waals surface area contributed by atoms with Gasteiger partial charge in [0.2, 0.25) is 0 Å². The van der Waals surface area contributed by atoms with E-state index < -0.39 is 0 Å². The van der Waals surface area contributed by atoms with Crippen LogP contribution in [0.5, 0.6) is 0 Å². The smallest absolute Gasteiger partial charge is 0.132 e. The second-order valence-electron chi connectivity index (χ2n) is 4.96. The van der Waals surface area contributed by atoms with Crippen LogP contribution in [0, 0.1) is 6.92 Å². The van der Waals surface area contributed by atoms with Crippen molar-refractivity contribution >= 4 is 23.1 Å². The van der Waals surface area contributed by atoms with Crippen molar-refractivity contribution < 1.29 is 0 Å². The van der Waals surface area contributed by atoms with Crippen molar-refractivity contribution in [1.29, 1.82) is 0 Å². The molecule has 0 bridgehead atoms. The maximum atomic E-state index is 5.98. The van der Waals surface area contributed by atoms with Crippen molar-refractivity contribution in [3.05, 3.63) is 47.4 Å². The summed E-state index contributed by atoms with van der Waals surface area (Å²) >= 11 is 5.98. The summed E-state index contributed by atoms with van der Waals surface area (Å²) in [5, 5.41) is 0.584. The molecule has 0 N–H and O–H groups in total. The average molecular weight is 289 g/mol. The summed E-state index contributed by atoms with van der Waals surface area (Å²) in [6.07, 6.45) is 3.69. The van der Waals surface area contributed by atoms with Crippen LogP contribution >= 0.6 is 11.6 Å². The van der Waals surface area contributed by atoms with Crippen molar-refractivity contribution in [1.82, 2.24) is 9.97 Å². The summed E-state index contributed by atoms with van der Waals surface area (Å²) in [4.78, 5) is 13.3. The first-order valence-corrected chi connectivity index (χ1v) is 7.15. The van der Waals surface area contributed by atoms with Crippen molar-refractivity contribution in [2.75, 3.05) is 36.0 Å². The summed E-state index contributed by atoms with van der Waals surface area (Å²) in [5.41, 5.74) is 2.17. The van der Waals surface area contributed by atoms with Crippen LogP contribution in [-0.4, -0.2) is 36.1 Å². The minimum absolute atomic E-state index is 0.584. The number of pyridine rings is 2. The van der Waals surface area contributed by atoms with Gasteiger partial charge in [-0.3, -0.25) is 0 Å². The standard InChI is InChI=1S/C15H17ClN4/c1-12-10-13(11-18-15(12)16)19-6-8-20(9-7-19)14-4-2-3-5-17-14/h2-5,10-11H,6-9H2,1H3. The van der Waals surface area contributed by atoms with Crippen LogP contribution in [0.2, 0.25) is 5.15 Å². The largest absolute Gasteiger partial charge is 0.367 e. The molecule has 3 heterocycles. The van der Waals surface area contributed by atoms with Crippen LogP contribution in [-0.2, 0) is 0 Å². The van der Waals surface area contributed by atoms with E-state index in [1.807, 2.05) is 31.5 Å². The zero-order valence-electron chi connectivity index (χ0n) is 11.5. The van der Waals surface area contributed by atoms with Gasteiger partial charge in [-0.1, -0.05) is 17.7 Å². The number of nitrogens with zero attached hydrogens (tertiary/aromatic N) is 4. The third-order valence-corrected chi connectivity index (χ3v) is 4.01. The fourth-order valence-corrected chi connectivity index (χ4v) is 2.55. The van der Waals surface area contributed by atoms with Gasteiger partial charge >= 0.3 is 0 Å². The van der Waals surface area contributed by atoms with Crippen LogP contribution in [0.1, 0.15) is 5.56 Å². The Morgan fingerprint density at radius 3 is 2.45 bits per heavy atom. The highest BCUT2D eigenvalue weighted by Gasteiger charge is 2.18. The van der Waals surface area contributed by atoms with E-state index in [1.54, 1.807) is 0 Å². The number of piperazine rings is 1. The molecule has 2 aromatic heterocycles. The number of hydrogen-bond acceptors (Lipinski definition) is 4. The Bertz CT molecular complexity index is 580. The van der Waals surface area contributed by atoms with E-state index in [0.29, 0.717) is 5.15 Å². The molecule has 0 atom stereocenters. The highest BCUT2D eigenvalue weighted by Crippen LogP contribution is 2.22. The summed E-state index contributed by atoms with van der Waals surface area (Å²) < 4.78 is 0. The third-order valence-electron chi connectivity index (χ3n) is 3.62. The summed E-state index contributed by atoms with van der Waals surface area (Å²) in [7, 11) is 0. The lowest BCUT2D eigenvalue weighted by molar-refractivity contribution is 0.646. The second kappa shape index (κ2) is 5.67. The Morgan fingerprint density at radius 1 is 1.05 bits per heavy atom. The van der Waals surface area contributed by atoms with Gasteiger partial charge in [0.15, 0.2) is 0 Å². The Hall–Kier alpha value is -1.81. The first kappa shape index (κ1) is 13.2. The van der Waals surface area contributed by atoms with Crippen molar-refractivity contribution in [3.63, 3.8) is 0 Å². The summed E-state index contributed by atoms with van der Waals surface area (Å²) in [6, 6.07) is 8.14. The SMILES string of the molecule is Cc1cc(N2CCN(c3ccccn3)CC2)cnc1Cl. The highest BCUT2D eigenvalue weighted by molar-refractivity contribution is 6.30. The molecule has 0 aromatic carbocycles. The Kier molecular flexibility index (Phi) is 3.74. The van der Waals surface area contributed by atoms with E-state index in [0.717, 1.165) is 43.2 Å². The molecule has 4 nitrogen and oxygen atoms in total. The summed E-state index contributed by atoms with van der Waals surface area (Å²) in [6.45, 7) is 5.87. The molecule has 0 amide bonds. The first-order chi connectivity index (χ1) is 9.74. The molecule has 0 aliphatic carbocycles. The Balaban J connectivity index is 1.68. The number of anilines is 2. The lowest BCUT2D eigenvalue weighted by Gasteiger charge is -2.36. The molecule has 2 aromatic rings. The molecule has 1 aliphatic rings. The third kappa shape index (κ3) is 2.70. The van der Waals surface area contributed by atoms with Crippen molar-refractivity contribution in [3.8, 4) is 0 Å². The fraction of sp³-hybridized carbons (Fsp3) is 0.333. The van der Waals surface area contributed by atoms with E-state index in [4.69, 9.17) is 11.6 Å². The van der Waals surface area contributed by atoms with Gasteiger partial charge in [-0.25, -0.2) is 9.97 Å². The molecular weight excluding hydrogens is 272 g/mol. The molecule has 1 fully saturated rings. The van der Waals surface area contributed by atoms with Gasteiger partial charge in [-0.15, -0.1) is 0 Å². The van der Waals surface area contributed by atoms with Gasteiger partial charge in [0.05, 0.1) is 11.9 Å². The minimum atomic E-state index is 0.584. The van der Waals surface area contributed by atoms with Gasteiger partial charge in [0.1, 0.15) is 11.0 Å². The van der Waals surface area contributed by atoms with Gasteiger partial charge in [0, 0.05) is 32.4 Å². The second-order valence-corrected chi connectivity index (χ2v) is 5.32. The highest BCUT2D eigenvalue weighted by atomic mass is 35.5. The van der Waals surface area contributed by atoms with Crippen molar-refractivity contribution in [2.24, 2.45) is 0 Å². The van der Waals surface area contributed by atoms with Crippen LogP contribution in [0.25, 0.3) is 0 Å². The predicted molar refractivity (Wildman–Crippen MR) is 82.6 cm³/mol. The molecule has 5 heteroatoms. The molecule has 0 spiro atoms. The normalized spacial score (nSPS) is 15.5. The zero-order valence-corrected chi connectivity index (χ0v) is 12.2. The molecule has 0 saturated carbocycles. The van der Waals surface area contributed by atoms with Crippen molar-refractivity contribution in [2.45, 2.75) is 6.92 Å². The molecule has 0 unspecified atom stereocenters. The van der Waals surface area contributed by atoms with Gasteiger partial charge in [0.25, 0.3) is 0 Å². The molecular formula is C15H17ClN4. The lowest BCUT2D eigenvalue weighted by Crippen LogP contribution is -2.46. The maximum absolute atomic E-state index is 5.98. The van der Waals surface area contributed by atoms with E-state index in [1.165, 1.54) is 0 Å². The molecule has 20 heavy (non-hydrogen) atoms. The van der Waals surface area contributed by atoms with Crippen LogP contribution in [0.4, 0.5) is 11.5 Å². The van der Waals surface area contributed by atoms with E-state index in [2.05, 4.69) is 31.9 Å². The van der Waals surface area contributed by atoms with E-state index >= 15 is 0 Å². The molecule has 3 rings (SSSR count). The van der Waals surface area contributed by atoms with Crippen LogP contribution < -0.4 is 9.80 Å². The Morgan fingerprint density at radius 2 is 1.80 bits per heavy atom. The maximum Gasteiger partial charge on any atom is 0.132 e. The quantitative estimate of drug-likeness (QED) is 0.796. The minimum Gasteiger partial charge on any atom is -0.367 e. The number of hydrogen-bond donors (Lipinski definition) is 0. The van der Waals surface area contributed by atoms with Crippen LogP contribution in [0.15, 0.2) is 36.7 Å². The van der Waals surface area contributed by atoms with Crippen LogP contribution in [0.3, 0.4) is 0 Å².